The number of hydrogen-bond donors (Lipinski definition) is 2. The molecule has 0 unspecified atom stereocenters. The molecular weight excluding hydrogens is 325 g/mol. The minimum Gasteiger partial charge on any atom is -0.475 e. The lowest BCUT2D eigenvalue weighted by Gasteiger charge is -2.06. The van der Waals surface area contributed by atoms with Gasteiger partial charge in [0, 0.05) is 16.6 Å². The van der Waals surface area contributed by atoms with E-state index in [1.165, 1.54) is 30.3 Å². The Balaban J connectivity index is 1.88. The number of furan rings is 1. The standard InChI is InChI=1S/C16H9ClFNO4/c17-11-7-10(3-4-12(11)18)19-15(20)9-2-1-8-5-14(16(21)22)23-13(8)6-9/h1-7H,(H,19,20)(H,21,22). The van der Waals surface area contributed by atoms with Crippen molar-refractivity contribution in [1.82, 2.24) is 0 Å². The minimum atomic E-state index is -1.19. The molecule has 0 saturated heterocycles. The first-order valence-electron chi connectivity index (χ1n) is 6.47. The van der Waals surface area contributed by atoms with E-state index in [4.69, 9.17) is 21.1 Å². The van der Waals surface area contributed by atoms with Gasteiger partial charge in [-0.25, -0.2) is 9.18 Å². The predicted octanol–water partition coefficient (Wildman–Crippen LogP) is 4.18. The molecule has 0 aliphatic carbocycles. The van der Waals surface area contributed by atoms with Crippen LogP contribution in [-0.4, -0.2) is 17.0 Å². The summed E-state index contributed by atoms with van der Waals surface area (Å²) in [5, 5.41) is 11.9. The van der Waals surface area contributed by atoms with E-state index in [2.05, 4.69) is 5.32 Å². The van der Waals surface area contributed by atoms with Crippen LogP contribution in [-0.2, 0) is 0 Å². The Labute approximate surface area is 134 Å². The van der Waals surface area contributed by atoms with E-state index < -0.39 is 17.7 Å². The van der Waals surface area contributed by atoms with Crippen molar-refractivity contribution >= 4 is 40.1 Å². The molecule has 3 rings (SSSR count). The second kappa shape index (κ2) is 5.73. The predicted molar refractivity (Wildman–Crippen MR) is 82.5 cm³/mol. The van der Waals surface area contributed by atoms with Gasteiger partial charge in [-0.2, -0.15) is 0 Å². The number of anilines is 1. The van der Waals surface area contributed by atoms with Crippen molar-refractivity contribution in [2.45, 2.75) is 0 Å². The second-order valence-corrected chi connectivity index (χ2v) is 5.16. The molecule has 0 aliphatic rings. The van der Waals surface area contributed by atoms with Gasteiger partial charge in [0.25, 0.3) is 5.91 Å². The number of rotatable bonds is 3. The first-order valence-corrected chi connectivity index (χ1v) is 6.85. The summed E-state index contributed by atoms with van der Waals surface area (Å²) in [7, 11) is 0. The largest absolute Gasteiger partial charge is 0.475 e. The van der Waals surface area contributed by atoms with Crippen LogP contribution in [0.25, 0.3) is 11.0 Å². The fourth-order valence-corrected chi connectivity index (χ4v) is 2.24. The van der Waals surface area contributed by atoms with Crippen LogP contribution < -0.4 is 5.32 Å². The zero-order valence-corrected chi connectivity index (χ0v) is 12.2. The highest BCUT2D eigenvalue weighted by atomic mass is 35.5. The van der Waals surface area contributed by atoms with Gasteiger partial charge in [-0.1, -0.05) is 17.7 Å². The summed E-state index contributed by atoms with van der Waals surface area (Å²) in [6.45, 7) is 0. The Morgan fingerprint density at radius 2 is 1.91 bits per heavy atom. The summed E-state index contributed by atoms with van der Waals surface area (Å²) in [6, 6.07) is 9.74. The fourth-order valence-electron chi connectivity index (χ4n) is 2.05. The molecule has 2 aromatic carbocycles. The van der Waals surface area contributed by atoms with Crippen molar-refractivity contribution < 1.29 is 23.5 Å². The molecule has 2 N–H and O–H groups in total. The highest BCUT2D eigenvalue weighted by Crippen LogP contribution is 2.23. The van der Waals surface area contributed by atoms with Gasteiger partial charge in [-0.05, 0) is 36.4 Å². The summed E-state index contributed by atoms with van der Waals surface area (Å²) in [6.07, 6.45) is 0. The Hall–Kier alpha value is -2.86. The third kappa shape index (κ3) is 3.02. The van der Waals surface area contributed by atoms with Gasteiger partial charge in [-0.15, -0.1) is 0 Å². The van der Waals surface area contributed by atoms with E-state index in [-0.39, 0.29) is 21.9 Å². The number of benzene rings is 2. The molecule has 116 valence electrons. The summed E-state index contributed by atoms with van der Waals surface area (Å²) >= 11 is 5.66. The normalized spacial score (nSPS) is 10.7. The Bertz CT molecular complexity index is 935. The molecule has 0 fully saturated rings. The van der Waals surface area contributed by atoms with Crippen molar-refractivity contribution in [1.29, 1.82) is 0 Å². The van der Waals surface area contributed by atoms with Gasteiger partial charge in [0.05, 0.1) is 5.02 Å². The van der Waals surface area contributed by atoms with Crippen LogP contribution in [0, 0.1) is 5.82 Å². The van der Waals surface area contributed by atoms with Crippen LogP contribution in [0.5, 0.6) is 0 Å². The monoisotopic (exact) mass is 333 g/mol. The fraction of sp³-hybridized carbons (Fsp3) is 0. The minimum absolute atomic E-state index is 0.101. The molecule has 5 nitrogen and oxygen atoms in total. The number of halogens is 2. The molecule has 0 aliphatic heterocycles. The number of aromatic carboxylic acids is 1. The van der Waals surface area contributed by atoms with Crippen molar-refractivity contribution in [3.05, 3.63) is 64.6 Å². The molecule has 23 heavy (non-hydrogen) atoms. The third-order valence-corrected chi connectivity index (χ3v) is 3.46. The van der Waals surface area contributed by atoms with Crippen molar-refractivity contribution in [2.75, 3.05) is 5.32 Å². The highest BCUT2D eigenvalue weighted by Gasteiger charge is 2.13. The average molecular weight is 334 g/mol. The van der Waals surface area contributed by atoms with Crippen LogP contribution in [0.3, 0.4) is 0 Å². The molecule has 0 saturated carbocycles. The van der Waals surface area contributed by atoms with Gasteiger partial charge in [0.1, 0.15) is 11.4 Å². The number of nitrogens with one attached hydrogen (secondary N) is 1. The topological polar surface area (TPSA) is 79.5 Å². The molecule has 7 heteroatoms. The van der Waals surface area contributed by atoms with Crippen molar-refractivity contribution in [3.63, 3.8) is 0 Å². The van der Waals surface area contributed by atoms with Crippen LogP contribution in [0.2, 0.25) is 5.02 Å². The average Bonchev–Trinajstić information content (AvgIpc) is 2.94. The van der Waals surface area contributed by atoms with Crippen LogP contribution in [0.4, 0.5) is 10.1 Å². The van der Waals surface area contributed by atoms with Crippen LogP contribution >= 0.6 is 11.6 Å². The van der Waals surface area contributed by atoms with E-state index in [1.807, 2.05) is 0 Å². The van der Waals surface area contributed by atoms with Gasteiger partial charge in [0.15, 0.2) is 0 Å². The molecule has 0 atom stereocenters. The second-order valence-electron chi connectivity index (χ2n) is 4.75. The molecule has 0 bridgehead atoms. The number of hydrogen-bond acceptors (Lipinski definition) is 3. The molecule has 3 aromatic rings. The quantitative estimate of drug-likeness (QED) is 0.753. The number of amides is 1. The Morgan fingerprint density at radius 3 is 2.61 bits per heavy atom. The van der Waals surface area contributed by atoms with E-state index in [0.717, 1.165) is 6.07 Å². The maximum absolute atomic E-state index is 13.1. The van der Waals surface area contributed by atoms with Gasteiger partial charge in [0.2, 0.25) is 5.76 Å². The highest BCUT2D eigenvalue weighted by molar-refractivity contribution is 6.31. The maximum Gasteiger partial charge on any atom is 0.371 e. The number of fused-ring (bicyclic) bond motifs is 1. The Morgan fingerprint density at radius 1 is 1.13 bits per heavy atom. The third-order valence-electron chi connectivity index (χ3n) is 3.17. The SMILES string of the molecule is O=C(Nc1ccc(F)c(Cl)c1)c1ccc2cc(C(=O)O)oc2c1. The molecule has 1 heterocycles. The lowest BCUT2D eigenvalue weighted by molar-refractivity contribution is 0.0665. The van der Waals surface area contributed by atoms with E-state index in [0.29, 0.717) is 11.1 Å². The van der Waals surface area contributed by atoms with E-state index >= 15 is 0 Å². The van der Waals surface area contributed by atoms with E-state index in [1.54, 1.807) is 6.07 Å². The van der Waals surface area contributed by atoms with Crippen molar-refractivity contribution in [2.24, 2.45) is 0 Å². The maximum atomic E-state index is 13.1. The van der Waals surface area contributed by atoms with Gasteiger partial charge >= 0.3 is 5.97 Å². The summed E-state index contributed by atoms with van der Waals surface area (Å²) in [4.78, 5) is 23.1. The van der Waals surface area contributed by atoms with Gasteiger partial charge in [-0.3, -0.25) is 4.79 Å². The number of carbonyl (C=O) groups excluding carboxylic acids is 1. The Kier molecular flexibility index (Phi) is 3.75. The van der Waals surface area contributed by atoms with Crippen LogP contribution in [0.15, 0.2) is 46.9 Å². The summed E-state index contributed by atoms with van der Waals surface area (Å²) in [5.41, 5.74) is 0.892. The molecule has 1 aromatic heterocycles. The van der Waals surface area contributed by atoms with Crippen molar-refractivity contribution in [3.8, 4) is 0 Å². The summed E-state index contributed by atoms with van der Waals surface area (Å²) < 4.78 is 18.3. The summed E-state index contributed by atoms with van der Waals surface area (Å²) in [5.74, 6) is -2.43. The zero-order valence-electron chi connectivity index (χ0n) is 11.5. The lowest BCUT2D eigenvalue weighted by Crippen LogP contribution is -2.11. The molecule has 1 amide bonds. The molecule has 0 spiro atoms. The molecular formula is C16H9ClFNO4. The zero-order chi connectivity index (χ0) is 16.6. The number of carbonyl (C=O) groups is 2. The first kappa shape index (κ1) is 15.1. The number of carboxylic acid groups (broad SMARTS) is 1. The van der Waals surface area contributed by atoms with Gasteiger partial charge < -0.3 is 14.8 Å². The van der Waals surface area contributed by atoms with E-state index in [9.17, 15) is 14.0 Å². The first-order chi connectivity index (χ1) is 10.9. The number of carboxylic acids is 1. The lowest BCUT2D eigenvalue weighted by atomic mass is 10.1. The molecule has 0 radical (unpaired) electrons. The van der Waals surface area contributed by atoms with Crippen LogP contribution in [0.1, 0.15) is 20.9 Å². The smallest absolute Gasteiger partial charge is 0.371 e.